The second kappa shape index (κ2) is 5.05. The van der Waals surface area contributed by atoms with Gasteiger partial charge in [0.05, 0.1) is 6.04 Å². The van der Waals surface area contributed by atoms with E-state index in [0.29, 0.717) is 5.15 Å². The van der Waals surface area contributed by atoms with Gasteiger partial charge in [-0.25, -0.2) is 4.98 Å². The number of likely N-dealkylation sites (tertiary alicyclic amines) is 1. The smallest absolute Gasteiger partial charge is 0.219 e. The van der Waals surface area contributed by atoms with Gasteiger partial charge in [0.2, 0.25) is 5.91 Å². The SMILES string of the molecule is CC(=O)N1CCCC[C@@H]1c1cnc(Cl)cc1C. The molecule has 2 rings (SSSR count). The summed E-state index contributed by atoms with van der Waals surface area (Å²) in [6, 6.07) is 2.04. The number of hydrogen-bond donors (Lipinski definition) is 0. The van der Waals surface area contributed by atoms with E-state index in [1.807, 2.05) is 24.1 Å². The van der Waals surface area contributed by atoms with Gasteiger partial charge >= 0.3 is 0 Å². The number of carbonyl (C=O) groups is 1. The largest absolute Gasteiger partial charge is 0.336 e. The van der Waals surface area contributed by atoms with Gasteiger partial charge in [0, 0.05) is 19.7 Å². The molecule has 0 N–H and O–H groups in total. The van der Waals surface area contributed by atoms with Gasteiger partial charge in [-0.15, -0.1) is 0 Å². The first-order valence-electron chi connectivity index (χ1n) is 5.99. The van der Waals surface area contributed by atoms with Gasteiger partial charge in [0.1, 0.15) is 5.15 Å². The molecule has 0 radical (unpaired) electrons. The highest BCUT2D eigenvalue weighted by atomic mass is 35.5. The van der Waals surface area contributed by atoms with Crippen LogP contribution in [0.4, 0.5) is 0 Å². The summed E-state index contributed by atoms with van der Waals surface area (Å²) in [6.45, 7) is 4.51. The van der Waals surface area contributed by atoms with Crippen molar-refractivity contribution in [3.63, 3.8) is 0 Å². The quantitative estimate of drug-likeness (QED) is 0.720. The fraction of sp³-hybridized carbons (Fsp3) is 0.538. The Balaban J connectivity index is 2.32. The summed E-state index contributed by atoms with van der Waals surface area (Å²) < 4.78 is 0. The van der Waals surface area contributed by atoms with E-state index in [4.69, 9.17) is 11.6 Å². The molecule has 0 spiro atoms. The number of halogens is 1. The zero-order valence-electron chi connectivity index (χ0n) is 10.2. The van der Waals surface area contributed by atoms with E-state index >= 15 is 0 Å². The molecule has 1 saturated heterocycles. The Morgan fingerprint density at radius 1 is 1.53 bits per heavy atom. The van der Waals surface area contributed by atoms with Crippen LogP contribution in [0.15, 0.2) is 12.3 Å². The molecule has 17 heavy (non-hydrogen) atoms. The van der Waals surface area contributed by atoms with Gasteiger partial charge in [-0.3, -0.25) is 4.79 Å². The van der Waals surface area contributed by atoms with Gasteiger partial charge in [-0.1, -0.05) is 11.6 Å². The van der Waals surface area contributed by atoms with Crippen LogP contribution in [0.3, 0.4) is 0 Å². The van der Waals surface area contributed by atoms with E-state index in [1.54, 1.807) is 6.92 Å². The molecule has 0 aromatic carbocycles. The number of piperidine rings is 1. The van der Waals surface area contributed by atoms with Gasteiger partial charge in [-0.2, -0.15) is 0 Å². The molecule has 4 heteroatoms. The molecule has 0 saturated carbocycles. The highest BCUT2D eigenvalue weighted by Gasteiger charge is 2.27. The van der Waals surface area contributed by atoms with Gasteiger partial charge in [0.25, 0.3) is 0 Å². The number of hydrogen-bond acceptors (Lipinski definition) is 2. The van der Waals surface area contributed by atoms with Crippen molar-refractivity contribution in [2.75, 3.05) is 6.54 Å². The average Bonchev–Trinajstić information content (AvgIpc) is 2.29. The number of amides is 1. The Morgan fingerprint density at radius 2 is 2.29 bits per heavy atom. The van der Waals surface area contributed by atoms with Crippen LogP contribution in [0.25, 0.3) is 0 Å². The van der Waals surface area contributed by atoms with Crippen molar-refractivity contribution in [3.05, 3.63) is 28.5 Å². The summed E-state index contributed by atoms with van der Waals surface area (Å²) in [5.74, 6) is 0.143. The zero-order valence-corrected chi connectivity index (χ0v) is 11.0. The monoisotopic (exact) mass is 252 g/mol. The fourth-order valence-corrected chi connectivity index (χ4v) is 2.73. The highest BCUT2D eigenvalue weighted by Crippen LogP contribution is 2.32. The molecular weight excluding hydrogens is 236 g/mol. The van der Waals surface area contributed by atoms with Crippen LogP contribution in [0, 0.1) is 6.92 Å². The first-order chi connectivity index (χ1) is 8.09. The molecule has 1 amide bonds. The van der Waals surface area contributed by atoms with E-state index in [2.05, 4.69) is 4.98 Å². The first-order valence-corrected chi connectivity index (χ1v) is 6.36. The maximum atomic E-state index is 11.6. The molecule has 1 aliphatic rings. The number of aryl methyl sites for hydroxylation is 1. The van der Waals surface area contributed by atoms with Crippen LogP contribution < -0.4 is 0 Å². The molecule has 1 atom stereocenters. The van der Waals surface area contributed by atoms with Crippen molar-refractivity contribution in [2.24, 2.45) is 0 Å². The van der Waals surface area contributed by atoms with Crippen LogP contribution in [0.5, 0.6) is 0 Å². The van der Waals surface area contributed by atoms with Crippen molar-refractivity contribution in [3.8, 4) is 0 Å². The number of nitrogens with zero attached hydrogens (tertiary/aromatic N) is 2. The van der Waals surface area contributed by atoms with Crippen molar-refractivity contribution >= 4 is 17.5 Å². The minimum absolute atomic E-state index is 0.143. The van der Waals surface area contributed by atoms with Crippen molar-refractivity contribution < 1.29 is 4.79 Å². The predicted octanol–water partition coefficient (Wildman–Crippen LogP) is 3.12. The molecule has 1 aromatic heterocycles. The molecule has 0 aliphatic carbocycles. The lowest BCUT2D eigenvalue weighted by Crippen LogP contribution is -2.37. The van der Waals surface area contributed by atoms with E-state index in [1.165, 1.54) is 0 Å². The molecule has 0 unspecified atom stereocenters. The van der Waals surface area contributed by atoms with Crippen LogP contribution in [0.1, 0.15) is 43.4 Å². The lowest BCUT2D eigenvalue weighted by atomic mass is 9.93. The Hall–Kier alpha value is -1.09. The topological polar surface area (TPSA) is 33.2 Å². The lowest BCUT2D eigenvalue weighted by Gasteiger charge is -2.36. The Bertz CT molecular complexity index is 433. The maximum Gasteiger partial charge on any atom is 0.219 e. The molecule has 92 valence electrons. The molecule has 2 heterocycles. The second-order valence-corrected chi connectivity index (χ2v) is 4.97. The average molecular weight is 253 g/mol. The summed E-state index contributed by atoms with van der Waals surface area (Å²) in [7, 11) is 0. The third-order valence-corrected chi connectivity index (χ3v) is 3.59. The predicted molar refractivity (Wildman–Crippen MR) is 68.0 cm³/mol. The van der Waals surface area contributed by atoms with E-state index in [9.17, 15) is 4.79 Å². The molecule has 1 aliphatic heterocycles. The number of aromatic nitrogens is 1. The van der Waals surface area contributed by atoms with Gasteiger partial charge in [-0.05, 0) is 43.4 Å². The normalized spacial score (nSPS) is 20.4. The maximum absolute atomic E-state index is 11.6. The number of pyridine rings is 1. The van der Waals surface area contributed by atoms with Crippen LogP contribution in [-0.2, 0) is 4.79 Å². The molecule has 1 fully saturated rings. The van der Waals surface area contributed by atoms with Crippen LogP contribution in [0.2, 0.25) is 5.15 Å². The summed E-state index contributed by atoms with van der Waals surface area (Å²) in [6.07, 6.45) is 5.08. The molecule has 1 aromatic rings. The Morgan fingerprint density at radius 3 is 2.94 bits per heavy atom. The third kappa shape index (κ3) is 2.60. The summed E-state index contributed by atoms with van der Waals surface area (Å²) in [4.78, 5) is 17.7. The lowest BCUT2D eigenvalue weighted by molar-refractivity contribution is -0.132. The van der Waals surface area contributed by atoms with E-state index < -0.39 is 0 Å². The van der Waals surface area contributed by atoms with E-state index in [0.717, 1.165) is 36.9 Å². The summed E-state index contributed by atoms with van der Waals surface area (Å²) >= 11 is 5.86. The van der Waals surface area contributed by atoms with E-state index in [-0.39, 0.29) is 11.9 Å². The van der Waals surface area contributed by atoms with Gasteiger partial charge < -0.3 is 4.90 Å². The minimum atomic E-state index is 0.143. The number of rotatable bonds is 1. The van der Waals surface area contributed by atoms with Crippen molar-refractivity contribution in [2.45, 2.75) is 39.2 Å². The summed E-state index contributed by atoms with van der Waals surface area (Å²) in [5, 5.41) is 0.511. The molecule has 0 bridgehead atoms. The first kappa shape index (κ1) is 12.4. The third-order valence-electron chi connectivity index (χ3n) is 3.38. The Labute approximate surface area is 107 Å². The molecular formula is C13H17ClN2O. The van der Waals surface area contributed by atoms with Crippen LogP contribution >= 0.6 is 11.6 Å². The summed E-state index contributed by atoms with van der Waals surface area (Å²) in [5.41, 5.74) is 2.24. The fourth-order valence-electron chi connectivity index (χ4n) is 2.51. The number of carbonyl (C=O) groups excluding carboxylic acids is 1. The van der Waals surface area contributed by atoms with Crippen LogP contribution in [-0.4, -0.2) is 22.3 Å². The molecule has 3 nitrogen and oxygen atoms in total. The Kier molecular flexibility index (Phi) is 3.67. The minimum Gasteiger partial charge on any atom is -0.336 e. The van der Waals surface area contributed by atoms with Gasteiger partial charge in [0.15, 0.2) is 0 Å². The van der Waals surface area contributed by atoms with Crippen molar-refractivity contribution in [1.29, 1.82) is 0 Å². The zero-order chi connectivity index (χ0) is 12.4. The highest BCUT2D eigenvalue weighted by molar-refractivity contribution is 6.29. The standard InChI is InChI=1S/C13H17ClN2O/c1-9-7-13(14)15-8-11(9)12-5-3-4-6-16(12)10(2)17/h7-8,12H,3-6H2,1-2H3/t12-/m1/s1. The van der Waals surface area contributed by atoms with Crippen molar-refractivity contribution in [1.82, 2.24) is 9.88 Å². The second-order valence-electron chi connectivity index (χ2n) is 4.59.